The van der Waals surface area contributed by atoms with Crippen molar-refractivity contribution in [3.8, 4) is 0 Å². The quantitative estimate of drug-likeness (QED) is 0.689. The van der Waals surface area contributed by atoms with Crippen molar-refractivity contribution in [2.24, 2.45) is 5.73 Å². The molecule has 0 aromatic heterocycles. The van der Waals surface area contributed by atoms with Crippen LogP contribution in [0, 0.1) is 0 Å². The maximum atomic E-state index is 10.8. The third-order valence-corrected chi connectivity index (χ3v) is 3.26. The highest BCUT2D eigenvalue weighted by atomic mass is 35.5. The molecule has 0 bridgehead atoms. The highest BCUT2D eigenvalue weighted by Gasteiger charge is 2.22. The Morgan fingerprint density at radius 1 is 1.53 bits per heavy atom. The number of hydrogen-bond acceptors (Lipinski definition) is 4. The van der Waals surface area contributed by atoms with Gasteiger partial charge in [-0.1, -0.05) is 0 Å². The van der Waals surface area contributed by atoms with Crippen molar-refractivity contribution in [2.75, 3.05) is 32.4 Å². The molecule has 3 N–H and O–H groups in total. The van der Waals surface area contributed by atoms with Gasteiger partial charge in [-0.2, -0.15) is 0 Å². The molecule has 1 aliphatic rings. The molecule has 15 heavy (non-hydrogen) atoms. The monoisotopic (exact) mass is 257 g/mol. The van der Waals surface area contributed by atoms with Gasteiger partial charge in [0, 0.05) is 25.7 Å². The van der Waals surface area contributed by atoms with Gasteiger partial charge in [0.2, 0.25) is 10.0 Å². The van der Waals surface area contributed by atoms with Gasteiger partial charge in [0.1, 0.15) is 0 Å². The van der Waals surface area contributed by atoms with Crippen molar-refractivity contribution >= 4 is 22.4 Å². The molecule has 0 spiro atoms. The second kappa shape index (κ2) is 6.65. The van der Waals surface area contributed by atoms with E-state index in [-0.39, 0.29) is 12.4 Å². The Morgan fingerprint density at radius 2 is 2.20 bits per heavy atom. The molecule has 1 saturated heterocycles. The fourth-order valence-electron chi connectivity index (χ4n) is 1.83. The van der Waals surface area contributed by atoms with Crippen LogP contribution in [0.4, 0.5) is 0 Å². The van der Waals surface area contributed by atoms with Crippen LogP contribution in [0.2, 0.25) is 0 Å². The molecular weight excluding hydrogens is 238 g/mol. The first-order chi connectivity index (χ1) is 6.53. The summed E-state index contributed by atoms with van der Waals surface area (Å²) >= 11 is 0. The van der Waals surface area contributed by atoms with Crippen molar-refractivity contribution < 1.29 is 8.42 Å². The minimum absolute atomic E-state index is 0. The second-order valence-corrected chi connectivity index (χ2v) is 5.57. The summed E-state index contributed by atoms with van der Waals surface area (Å²) in [6.45, 7) is 2.94. The molecule has 1 heterocycles. The lowest BCUT2D eigenvalue weighted by Crippen LogP contribution is -2.40. The van der Waals surface area contributed by atoms with Gasteiger partial charge in [0.25, 0.3) is 0 Å². The molecule has 1 aliphatic heterocycles. The number of nitrogens with two attached hydrogens (primary N) is 1. The van der Waals surface area contributed by atoms with Crippen LogP contribution >= 0.6 is 12.4 Å². The van der Waals surface area contributed by atoms with Crippen molar-refractivity contribution in [3.63, 3.8) is 0 Å². The lowest BCUT2D eigenvalue weighted by atomic mass is 10.2. The Kier molecular flexibility index (Phi) is 6.70. The molecule has 0 aromatic rings. The predicted molar refractivity (Wildman–Crippen MR) is 63.7 cm³/mol. The second-order valence-electron chi connectivity index (χ2n) is 3.73. The first-order valence-electron chi connectivity index (χ1n) is 4.91. The van der Waals surface area contributed by atoms with Crippen molar-refractivity contribution in [2.45, 2.75) is 18.9 Å². The molecule has 0 aliphatic carbocycles. The van der Waals surface area contributed by atoms with Crippen LogP contribution in [0.15, 0.2) is 0 Å². The standard InChI is InChI=1S/C8H19N3O2S.ClH/c1-14(12,13)10-4-6-11-5-2-3-8(11)7-9;/h8,10H,2-7,9H2,1H3;1H. The van der Waals surface area contributed by atoms with E-state index in [2.05, 4.69) is 9.62 Å². The highest BCUT2D eigenvalue weighted by Crippen LogP contribution is 2.14. The summed E-state index contributed by atoms with van der Waals surface area (Å²) in [5.41, 5.74) is 5.60. The van der Waals surface area contributed by atoms with E-state index in [1.165, 1.54) is 12.7 Å². The third-order valence-electron chi connectivity index (χ3n) is 2.53. The summed E-state index contributed by atoms with van der Waals surface area (Å²) in [4.78, 5) is 2.25. The molecule has 1 fully saturated rings. The Balaban J connectivity index is 0.00000196. The van der Waals surface area contributed by atoms with Crippen molar-refractivity contribution in [1.29, 1.82) is 0 Å². The smallest absolute Gasteiger partial charge is 0.208 e. The summed E-state index contributed by atoms with van der Waals surface area (Å²) in [5.74, 6) is 0. The Hall–Kier alpha value is 0.120. The van der Waals surface area contributed by atoms with E-state index < -0.39 is 10.0 Å². The van der Waals surface area contributed by atoms with Gasteiger partial charge in [0.15, 0.2) is 0 Å². The van der Waals surface area contributed by atoms with Crippen LogP contribution in [0.1, 0.15) is 12.8 Å². The zero-order chi connectivity index (χ0) is 10.6. The van der Waals surface area contributed by atoms with Crippen LogP contribution in [0.25, 0.3) is 0 Å². The third kappa shape index (κ3) is 5.67. The zero-order valence-electron chi connectivity index (χ0n) is 8.98. The Labute approximate surface area is 97.9 Å². The molecule has 0 amide bonds. The minimum Gasteiger partial charge on any atom is -0.329 e. The van der Waals surface area contributed by atoms with Crippen LogP contribution in [0.3, 0.4) is 0 Å². The number of sulfonamides is 1. The average molecular weight is 258 g/mol. The molecular formula is C8H20ClN3O2S. The van der Waals surface area contributed by atoms with Gasteiger partial charge in [-0.05, 0) is 19.4 Å². The normalized spacial score (nSPS) is 22.7. The zero-order valence-corrected chi connectivity index (χ0v) is 10.6. The van der Waals surface area contributed by atoms with E-state index in [1.54, 1.807) is 0 Å². The Morgan fingerprint density at radius 3 is 2.73 bits per heavy atom. The molecule has 5 nitrogen and oxygen atoms in total. The maximum Gasteiger partial charge on any atom is 0.208 e. The van der Waals surface area contributed by atoms with Gasteiger partial charge in [-0.15, -0.1) is 12.4 Å². The van der Waals surface area contributed by atoms with Crippen LogP contribution in [-0.4, -0.2) is 51.8 Å². The first-order valence-corrected chi connectivity index (χ1v) is 6.81. The highest BCUT2D eigenvalue weighted by molar-refractivity contribution is 7.88. The van der Waals surface area contributed by atoms with Gasteiger partial charge < -0.3 is 5.73 Å². The van der Waals surface area contributed by atoms with Crippen molar-refractivity contribution in [1.82, 2.24) is 9.62 Å². The topological polar surface area (TPSA) is 75.4 Å². The average Bonchev–Trinajstić information content (AvgIpc) is 2.49. The lowest BCUT2D eigenvalue weighted by molar-refractivity contribution is 0.263. The summed E-state index contributed by atoms with van der Waals surface area (Å²) in [6, 6.07) is 0.441. The predicted octanol–water partition coefficient (Wildman–Crippen LogP) is -0.619. The summed E-state index contributed by atoms with van der Waals surface area (Å²) in [5, 5.41) is 0. The largest absolute Gasteiger partial charge is 0.329 e. The van der Waals surface area contributed by atoms with Crippen LogP contribution in [0.5, 0.6) is 0 Å². The maximum absolute atomic E-state index is 10.8. The summed E-state index contributed by atoms with van der Waals surface area (Å²) in [7, 11) is -3.05. The van der Waals surface area contributed by atoms with E-state index in [0.29, 0.717) is 19.1 Å². The number of nitrogens with one attached hydrogen (secondary N) is 1. The molecule has 0 radical (unpaired) electrons. The fourth-order valence-corrected chi connectivity index (χ4v) is 2.29. The van der Waals surface area contributed by atoms with Gasteiger partial charge in [-0.3, -0.25) is 4.90 Å². The van der Waals surface area contributed by atoms with Gasteiger partial charge in [0.05, 0.1) is 6.26 Å². The summed E-state index contributed by atoms with van der Waals surface area (Å²) < 4.78 is 24.1. The molecule has 0 saturated carbocycles. The van der Waals surface area contributed by atoms with E-state index in [0.717, 1.165) is 19.5 Å². The molecule has 92 valence electrons. The number of rotatable bonds is 5. The molecule has 1 atom stereocenters. The fraction of sp³-hybridized carbons (Fsp3) is 1.00. The minimum atomic E-state index is -3.05. The Bertz CT molecular complexity index is 271. The summed E-state index contributed by atoms with van der Waals surface area (Å²) in [6.07, 6.45) is 3.48. The number of likely N-dealkylation sites (tertiary alicyclic amines) is 1. The van der Waals surface area contributed by atoms with Crippen molar-refractivity contribution in [3.05, 3.63) is 0 Å². The lowest BCUT2D eigenvalue weighted by Gasteiger charge is -2.22. The molecule has 0 aromatic carbocycles. The van der Waals surface area contributed by atoms with Crippen LogP contribution < -0.4 is 10.5 Å². The SMILES string of the molecule is CS(=O)(=O)NCCN1CCCC1CN.Cl. The molecule has 1 unspecified atom stereocenters. The molecule has 7 heteroatoms. The van der Waals surface area contributed by atoms with Gasteiger partial charge >= 0.3 is 0 Å². The van der Waals surface area contributed by atoms with E-state index in [1.807, 2.05) is 0 Å². The van der Waals surface area contributed by atoms with E-state index in [4.69, 9.17) is 5.73 Å². The van der Waals surface area contributed by atoms with Gasteiger partial charge in [-0.25, -0.2) is 13.1 Å². The van der Waals surface area contributed by atoms with Crippen LogP contribution in [-0.2, 0) is 10.0 Å². The number of nitrogens with zero attached hydrogens (tertiary/aromatic N) is 1. The van der Waals surface area contributed by atoms with E-state index in [9.17, 15) is 8.42 Å². The number of hydrogen-bond donors (Lipinski definition) is 2. The number of halogens is 1. The van der Waals surface area contributed by atoms with E-state index >= 15 is 0 Å². The molecule has 1 rings (SSSR count). The first kappa shape index (κ1) is 15.1.